The third-order valence-electron chi connectivity index (χ3n) is 13.0. The van der Waals surface area contributed by atoms with Crippen molar-refractivity contribution < 1.29 is 5.11 Å². The molecule has 176 valence electrons. The zero-order valence-electron chi connectivity index (χ0n) is 21.7. The number of fused-ring (bicyclic) bond motifs is 2. The molecule has 3 unspecified atom stereocenters. The number of hydrogen-bond acceptors (Lipinski definition) is 1. The Labute approximate surface area is 192 Å². The molecule has 5 fully saturated rings. The summed E-state index contributed by atoms with van der Waals surface area (Å²) in [6.45, 7) is 17.3. The third kappa shape index (κ3) is 2.71. The van der Waals surface area contributed by atoms with Crippen molar-refractivity contribution in [3.05, 3.63) is 11.6 Å². The summed E-state index contributed by atoms with van der Waals surface area (Å²) in [6.07, 6.45) is 17.6. The number of allylic oxidation sites excluding steroid dienone is 2. The number of hydrogen-bond donors (Lipinski definition) is 1. The van der Waals surface area contributed by atoms with Gasteiger partial charge in [0, 0.05) is 0 Å². The van der Waals surface area contributed by atoms with Gasteiger partial charge in [0.05, 0.1) is 6.10 Å². The van der Waals surface area contributed by atoms with E-state index in [1.807, 2.05) is 0 Å². The molecule has 0 aromatic carbocycles. The Hall–Kier alpha value is -0.300. The fraction of sp³-hybridized carbons (Fsp3) is 0.933. The minimum absolute atomic E-state index is 0.0840. The van der Waals surface area contributed by atoms with Crippen LogP contribution in [0.5, 0.6) is 0 Å². The summed E-state index contributed by atoms with van der Waals surface area (Å²) in [4.78, 5) is 0. The van der Waals surface area contributed by atoms with Gasteiger partial charge in [0.25, 0.3) is 0 Å². The third-order valence-corrected chi connectivity index (χ3v) is 13.0. The first-order valence-corrected chi connectivity index (χ1v) is 13.8. The SMILES string of the molecule is CC(C)=CCC[C@@H](C)[C@H]1CC[C@@]2(C)C3CCC4C(C)(C)C(O)CC[C@@]45C[C@@]35CC[C@]12C. The molecule has 5 rings (SSSR count). The smallest absolute Gasteiger partial charge is 0.0594 e. The maximum absolute atomic E-state index is 10.8. The molecule has 0 saturated heterocycles. The number of aliphatic hydroxyl groups is 1. The predicted molar refractivity (Wildman–Crippen MR) is 131 cm³/mol. The normalized spacial score (nSPS) is 52.9. The van der Waals surface area contributed by atoms with E-state index in [-0.39, 0.29) is 11.5 Å². The van der Waals surface area contributed by atoms with Gasteiger partial charge >= 0.3 is 0 Å². The van der Waals surface area contributed by atoms with Gasteiger partial charge in [0.1, 0.15) is 0 Å². The van der Waals surface area contributed by atoms with Crippen LogP contribution in [-0.2, 0) is 0 Å². The Morgan fingerprint density at radius 2 is 1.55 bits per heavy atom. The van der Waals surface area contributed by atoms with Gasteiger partial charge in [-0.15, -0.1) is 0 Å². The zero-order chi connectivity index (χ0) is 22.4. The topological polar surface area (TPSA) is 20.2 Å². The van der Waals surface area contributed by atoms with Crippen molar-refractivity contribution in [3.63, 3.8) is 0 Å². The highest BCUT2D eigenvalue weighted by Crippen LogP contribution is 2.89. The van der Waals surface area contributed by atoms with Gasteiger partial charge in [0.2, 0.25) is 0 Å². The van der Waals surface area contributed by atoms with E-state index < -0.39 is 0 Å². The highest BCUT2D eigenvalue weighted by molar-refractivity contribution is 5.30. The molecule has 1 nitrogen and oxygen atoms in total. The monoisotopic (exact) mass is 426 g/mol. The van der Waals surface area contributed by atoms with Crippen molar-refractivity contribution in [2.24, 2.45) is 50.7 Å². The first-order chi connectivity index (χ1) is 14.4. The van der Waals surface area contributed by atoms with Gasteiger partial charge in [-0.25, -0.2) is 0 Å². The van der Waals surface area contributed by atoms with E-state index in [4.69, 9.17) is 0 Å². The Kier molecular flexibility index (Phi) is 4.98. The van der Waals surface area contributed by atoms with Gasteiger partial charge in [-0.1, -0.05) is 46.3 Å². The van der Waals surface area contributed by atoms with Crippen molar-refractivity contribution in [3.8, 4) is 0 Å². The molecular formula is C30H50O. The van der Waals surface area contributed by atoms with E-state index in [1.165, 1.54) is 69.8 Å². The molecule has 9 atom stereocenters. The number of rotatable bonds is 4. The van der Waals surface area contributed by atoms with Crippen LogP contribution in [0.25, 0.3) is 0 Å². The molecule has 0 amide bonds. The second-order valence-electron chi connectivity index (χ2n) is 14.4. The summed E-state index contributed by atoms with van der Waals surface area (Å²) in [7, 11) is 0. The van der Waals surface area contributed by atoms with Gasteiger partial charge < -0.3 is 5.11 Å². The Bertz CT molecular complexity index is 760. The summed E-state index contributed by atoms with van der Waals surface area (Å²) < 4.78 is 0. The first-order valence-electron chi connectivity index (χ1n) is 13.8. The van der Waals surface area contributed by atoms with Gasteiger partial charge in [-0.3, -0.25) is 0 Å². The molecule has 1 heteroatoms. The Morgan fingerprint density at radius 3 is 2.26 bits per heavy atom. The molecule has 5 aliphatic rings. The molecule has 1 N–H and O–H groups in total. The van der Waals surface area contributed by atoms with Crippen LogP contribution in [0.1, 0.15) is 119 Å². The average Bonchev–Trinajstić information content (AvgIpc) is 3.27. The maximum atomic E-state index is 10.8. The minimum Gasteiger partial charge on any atom is -0.393 e. The average molecular weight is 427 g/mol. The lowest BCUT2D eigenvalue weighted by molar-refractivity contribution is -0.161. The summed E-state index contributed by atoms with van der Waals surface area (Å²) >= 11 is 0. The van der Waals surface area contributed by atoms with Crippen LogP contribution >= 0.6 is 0 Å². The minimum atomic E-state index is -0.0840. The molecule has 5 saturated carbocycles. The molecular weight excluding hydrogens is 376 g/mol. The van der Waals surface area contributed by atoms with Crippen LogP contribution in [0.15, 0.2) is 11.6 Å². The van der Waals surface area contributed by atoms with E-state index in [1.54, 1.807) is 0 Å². The fourth-order valence-corrected chi connectivity index (χ4v) is 11.1. The van der Waals surface area contributed by atoms with Crippen molar-refractivity contribution >= 4 is 0 Å². The van der Waals surface area contributed by atoms with Gasteiger partial charge in [0.15, 0.2) is 0 Å². The van der Waals surface area contributed by atoms with Crippen LogP contribution in [-0.4, -0.2) is 11.2 Å². The Morgan fingerprint density at radius 1 is 0.871 bits per heavy atom. The number of aliphatic hydroxyl groups excluding tert-OH is 1. The van der Waals surface area contributed by atoms with Gasteiger partial charge in [-0.2, -0.15) is 0 Å². The van der Waals surface area contributed by atoms with Crippen LogP contribution in [0.3, 0.4) is 0 Å². The lowest BCUT2D eigenvalue weighted by atomic mass is 9.41. The van der Waals surface area contributed by atoms with Crippen molar-refractivity contribution in [2.45, 2.75) is 125 Å². The van der Waals surface area contributed by atoms with E-state index >= 15 is 0 Å². The summed E-state index contributed by atoms with van der Waals surface area (Å²) in [5, 5.41) is 10.8. The van der Waals surface area contributed by atoms with Crippen molar-refractivity contribution in [2.75, 3.05) is 0 Å². The van der Waals surface area contributed by atoms with Crippen LogP contribution in [0, 0.1) is 50.7 Å². The maximum Gasteiger partial charge on any atom is 0.0594 e. The first kappa shape index (κ1) is 22.5. The predicted octanol–water partition coefficient (Wildman–Crippen LogP) is 8.17. The van der Waals surface area contributed by atoms with Crippen molar-refractivity contribution in [1.29, 1.82) is 0 Å². The van der Waals surface area contributed by atoms with Crippen LogP contribution in [0.4, 0.5) is 0 Å². The van der Waals surface area contributed by atoms with E-state index in [0.29, 0.717) is 21.7 Å². The largest absolute Gasteiger partial charge is 0.393 e. The fourth-order valence-electron chi connectivity index (χ4n) is 11.1. The molecule has 0 aliphatic heterocycles. The van der Waals surface area contributed by atoms with E-state index in [0.717, 1.165) is 30.1 Å². The quantitative estimate of drug-likeness (QED) is 0.449. The standard InChI is InChI=1S/C30H50O/c1-20(2)9-8-10-21(3)22-13-15-28(7)24-12-11-23-26(4,5)25(31)14-16-29(23)19-30(24,29)18-17-27(22,28)6/h9,21-25,31H,8,10-19H2,1-7H3/t21-,22-,23?,24?,25?,27-,28+,29-,30+/m1/s1. The lowest BCUT2D eigenvalue weighted by Gasteiger charge is -2.63. The second kappa shape index (κ2) is 6.86. The molecule has 0 heterocycles. The zero-order valence-corrected chi connectivity index (χ0v) is 21.7. The summed E-state index contributed by atoms with van der Waals surface area (Å²) in [5.41, 5.74) is 3.87. The Balaban J connectivity index is 1.41. The van der Waals surface area contributed by atoms with Crippen LogP contribution in [0.2, 0.25) is 0 Å². The molecule has 0 bridgehead atoms. The molecule has 0 aromatic heterocycles. The molecule has 5 aliphatic carbocycles. The molecule has 0 aromatic rings. The summed E-state index contributed by atoms with van der Waals surface area (Å²) in [6, 6.07) is 0. The van der Waals surface area contributed by atoms with Crippen molar-refractivity contribution in [1.82, 2.24) is 0 Å². The van der Waals surface area contributed by atoms with E-state index in [9.17, 15) is 5.11 Å². The van der Waals surface area contributed by atoms with Gasteiger partial charge in [-0.05, 0) is 135 Å². The second-order valence-corrected chi connectivity index (χ2v) is 14.4. The molecule has 31 heavy (non-hydrogen) atoms. The molecule has 0 radical (unpaired) electrons. The molecule has 2 spiro atoms. The van der Waals surface area contributed by atoms with E-state index in [2.05, 4.69) is 54.5 Å². The summed E-state index contributed by atoms with van der Waals surface area (Å²) in [5.74, 6) is 3.46. The highest BCUT2D eigenvalue weighted by Gasteiger charge is 2.82. The highest BCUT2D eigenvalue weighted by atomic mass is 16.3. The van der Waals surface area contributed by atoms with Crippen LogP contribution < -0.4 is 0 Å². The lowest BCUT2D eigenvalue weighted by Crippen LogP contribution is -2.57.